The Kier molecular flexibility index (Phi) is 2.21. The normalized spacial score (nSPS) is 23.5. The highest BCUT2D eigenvalue weighted by molar-refractivity contribution is 14.1. The van der Waals surface area contributed by atoms with Gasteiger partial charge < -0.3 is 0 Å². The van der Waals surface area contributed by atoms with Crippen molar-refractivity contribution in [3.63, 3.8) is 0 Å². The summed E-state index contributed by atoms with van der Waals surface area (Å²) in [4.78, 5) is 24.9. The Morgan fingerprint density at radius 3 is 2.47 bits per heavy atom. The van der Waals surface area contributed by atoms with Crippen LogP contribution in [0.5, 0.6) is 0 Å². The molecule has 0 saturated heterocycles. The van der Waals surface area contributed by atoms with E-state index in [4.69, 9.17) is 0 Å². The molecule has 2 heterocycles. The van der Waals surface area contributed by atoms with Gasteiger partial charge in [0.25, 0.3) is 0 Å². The van der Waals surface area contributed by atoms with Gasteiger partial charge in [0.15, 0.2) is 0 Å². The first-order valence-corrected chi connectivity index (χ1v) is 7.15. The zero-order valence-corrected chi connectivity index (χ0v) is 12.0. The van der Waals surface area contributed by atoms with Gasteiger partial charge in [0.05, 0.1) is 17.8 Å². The Labute approximate surface area is 121 Å². The monoisotopic (exact) mass is 367 g/mol. The third kappa shape index (κ3) is 1.35. The first kappa shape index (κ1) is 11.3. The maximum absolute atomic E-state index is 12.5. The number of hydrogen-bond donors (Lipinski definition) is 0. The van der Waals surface area contributed by atoms with E-state index in [2.05, 4.69) is 28.7 Å². The lowest BCUT2D eigenvalue weighted by molar-refractivity contribution is 0.503. The van der Waals surface area contributed by atoms with Gasteiger partial charge in [-0.05, 0) is 40.8 Å². The zero-order valence-electron chi connectivity index (χ0n) is 9.86. The Hall–Kier alpha value is -1.57. The Morgan fingerprint density at radius 2 is 1.74 bits per heavy atom. The van der Waals surface area contributed by atoms with Crippen molar-refractivity contribution in [1.29, 1.82) is 0 Å². The van der Waals surface area contributed by atoms with Crippen molar-refractivity contribution in [2.45, 2.75) is 18.5 Å². The highest BCUT2D eigenvalue weighted by Crippen LogP contribution is 2.44. The van der Waals surface area contributed by atoms with E-state index in [1.807, 2.05) is 18.2 Å². The highest BCUT2D eigenvalue weighted by atomic mass is 127. The molecule has 2 atom stereocenters. The number of rotatable bonds is 1. The van der Waals surface area contributed by atoms with Gasteiger partial charge in [-0.1, -0.05) is 18.2 Å². The van der Waals surface area contributed by atoms with E-state index in [9.17, 15) is 9.59 Å². The Morgan fingerprint density at radius 1 is 1.05 bits per heavy atom. The number of para-hydroxylation sites is 1. The molecule has 6 heteroatoms. The van der Waals surface area contributed by atoms with E-state index in [1.54, 1.807) is 21.5 Å². The van der Waals surface area contributed by atoms with Crippen LogP contribution >= 0.6 is 22.6 Å². The van der Waals surface area contributed by atoms with Crippen LogP contribution in [-0.2, 0) is 0 Å². The summed E-state index contributed by atoms with van der Waals surface area (Å²) in [5.41, 5.74) is 0.135. The van der Waals surface area contributed by atoms with Crippen LogP contribution in [0, 0.1) is 0 Å². The lowest BCUT2D eigenvalue weighted by atomic mass is 10.2. The first-order chi connectivity index (χ1) is 9.18. The average molecular weight is 367 g/mol. The van der Waals surface area contributed by atoms with E-state index >= 15 is 0 Å². The van der Waals surface area contributed by atoms with Crippen LogP contribution in [-0.4, -0.2) is 13.9 Å². The minimum atomic E-state index is -0.246. The maximum atomic E-state index is 12.5. The van der Waals surface area contributed by atoms with Crippen molar-refractivity contribution in [3.8, 4) is 5.69 Å². The van der Waals surface area contributed by atoms with Crippen LogP contribution in [0.15, 0.2) is 49.6 Å². The summed E-state index contributed by atoms with van der Waals surface area (Å²) in [6, 6.07) is 9.14. The SMILES string of the molecule is O=c1n(-c2ccccc2)c(=O)n2n1C1C=C(I)C2C1. The molecule has 4 rings (SSSR count). The van der Waals surface area contributed by atoms with Gasteiger partial charge in [0, 0.05) is 10.0 Å². The maximum Gasteiger partial charge on any atom is 0.352 e. The summed E-state index contributed by atoms with van der Waals surface area (Å²) in [7, 11) is 0. The highest BCUT2D eigenvalue weighted by Gasteiger charge is 2.41. The molecule has 0 fully saturated rings. The van der Waals surface area contributed by atoms with Gasteiger partial charge >= 0.3 is 11.4 Å². The number of benzene rings is 1. The fourth-order valence-electron chi connectivity index (χ4n) is 2.95. The predicted octanol–water partition coefficient (Wildman–Crippen LogP) is 1.62. The number of hydrogen-bond acceptors (Lipinski definition) is 2. The van der Waals surface area contributed by atoms with E-state index in [-0.39, 0.29) is 23.5 Å². The van der Waals surface area contributed by atoms with Crippen LogP contribution in [0.1, 0.15) is 18.5 Å². The number of aromatic nitrogens is 3. The van der Waals surface area contributed by atoms with Gasteiger partial charge in [-0.3, -0.25) is 0 Å². The van der Waals surface area contributed by atoms with E-state index in [0.717, 1.165) is 10.0 Å². The summed E-state index contributed by atoms with van der Waals surface area (Å²) in [6.07, 6.45) is 2.90. The Balaban J connectivity index is 2.03. The van der Waals surface area contributed by atoms with Crippen LogP contribution < -0.4 is 11.4 Å². The topological polar surface area (TPSA) is 48.9 Å². The molecular formula is C13H10IN3O2. The van der Waals surface area contributed by atoms with Crippen molar-refractivity contribution in [3.05, 3.63) is 61.0 Å². The summed E-state index contributed by atoms with van der Waals surface area (Å²) >= 11 is 2.25. The number of nitrogens with zero attached hydrogens (tertiary/aromatic N) is 3. The van der Waals surface area contributed by atoms with Crippen molar-refractivity contribution in [1.82, 2.24) is 13.9 Å². The fourth-order valence-corrected chi connectivity index (χ4v) is 3.88. The molecule has 1 aliphatic carbocycles. The van der Waals surface area contributed by atoms with Crippen molar-refractivity contribution in [2.75, 3.05) is 0 Å². The molecule has 19 heavy (non-hydrogen) atoms. The fraction of sp³-hybridized carbons (Fsp3) is 0.231. The molecule has 2 aromatic rings. The van der Waals surface area contributed by atoms with Gasteiger partial charge in [0.1, 0.15) is 0 Å². The molecular weight excluding hydrogens is 357 g/mol. The second-order valence-electron chi connectivity index (χ2n) is 4.80. The van der Waals surface area contributed by atoms with Crippen molar-refractivity contribution in [2.24, 2.45) is 0 Å². The van der Waals surface area contributed by atoms with Crippen molar-refractivity contribution < 1.29 is 0 Å². The number of allylic oxidation sites excluding steroid dienone is 2. The molecule has 5 nitrogen and oxygen atoms in total. The smallest absolute Gasteiger partial charge is 0.245 e. The lowest BCUT2D eigenvalue weighted by Gasteiger charge is -2.11. The second kappa shape index (κ2) is 3.72. The van der Waals surface area contributed by atoms with Crippen molar-refractivity contribution >= 4 is 22.6 Å². The third-order valence-corrected chi connectivity index (χ3v) is 4.84. The van der Waals surface area contributed by atoms with E-state index in [1.165, 1.54) is 4.57 Å². The van der Waals surface area contributed by atoms with Gasteiger partial charge in [-0.25, -0.2) is 23.5 Å². The number of halogens is 1. The molecule has 2 bridgehead atoms. The van der Waals surface area contributed by atoms with Crippen LogP contribution in [0.2, 0.25) is 0 Å². The minimum absolute atomic E-state index is 0.0297. The van der Waals surface area contributed by atoms with Gasteiger partial charge in [-0.2, -0.15) is 0 Å². The van der Waals surface area contributed by atoms with Crippen LogP contribution in [0.25, 0.3) is 5.69 Å². The first-order valence-electron chi connectivity index (χ1n) is 6.07. The zero-order chi connectivity index (χ0) is 13.1. The largest absolute Gasteiger partial charge is 0.352 e. The predicted molar refractivity (Wildman–Crippen MR) is 79.1 cm³/mol. The molecule has 0 spiro atoms. The Bertz CT molecular complexity index is 813. The third-order valence-electron chi connectivity index (χ3n) is 3.77. The summed E-state index contributed by atoms with van der Waals surface area (Å²) in [5.74, 6) is 0. The molecule has 96 valence electrons. The molecule has 0 amide bonds. The van der Waals surface area contributed by atoms with Crippen LogP contribution in [0.3, 0.4) is 0 Å². The molecule has 2 unspecified atom stereocenters. The quantitative estimate of drug-likeness (QED) is 0.720. The molecule has 0 N–H and O–H groups in total. The summed E-state index contributed by atoms with van der Waals surface area (Å²) in [5, 5.41) is 0. The minimum Gasteiger partial charge on any atom is -0.245 e. The summed E-state index contributed by atoms with van der Waals surface area (Å²) in [6.45, 7) is 0. The number of fused-ring (bicyclic) bond motifs is 5. The summed E-state index contributed by atoms with van der Waals surface area (Å²) < 4.78 is 5.58. The standard InChI is InChI=1S/C13H10IN3O2/c14-10-6-9-7-11(10)17-13(19)15(12(18)16(9)17)8-4-2-1-3-5-8/h1-6,9,11H,7H2. The molecule has 0 saturated carbocycles. The van der Waals surface area contributed by atoms with E-state index in [0.29, 0.717) is 5.69 Å². The van der Waals surface area contributed by atoms with Crippen LogP contribution in [0.4, 0.5) is 0 Å². The molecule has 1 aromatic heterocycles. The molecule has 1 aromatic carbocycles. The molecule has 2 aliphatic rings. The second-order valence-corrected chi connectivity index (χ2v) is 6.04. The van der Waals surface area contributed by atoms with Gasteiger partial charge in [0.2, 0.25) is 0 Å². The average Bonchev–Trinajstić information content (AvgIpc) is 3.02. The lowest BCUT2D eigenvalue weighted by Crippen LogP contribution is -2.28. The van der Waals surface area contributed by atoms with Gasteiger partial charge in [-0.15, -0.1) is 0 Å². The molecule has 1 aliphatic heterocycles. The molecule has 0 radical (unpaired) electrons. The van der Waals surface area contributed by atoms with E-state index < -0.39 is 0 Å².